The second-order valence-electron chi connectivity index (χ2n) is 6.59. The van der Waals surface area contributed by atoms with Crippen LogP contribution in [0.1, 0.15) is 15.9 Å². The van der Waals surface area contributed by atoms with Gasteiger partial charge in [-0.3, -0.25) is 9.59 Å². The number of hydrogen-bond donors (Lipinski definition) is 2. The number of benzene rings is 2. The minimum atomic E-state index is -0.573. The van der Waals surface area contributed by atoms with Gasteiger partial charge in [0.2, 0.25) is 0 Å². The van der Waals surface area contributed by atoms with E-state index in [0.717, 1.165) is 24.7 Å². The van der Waals surface area contributed by atoms with Crippen molar-refractivity contribution in [3.63, 3.8) is 0 Å². The van der Waals surface area contributed by atoms with Gasteiger partial charge in [-0.25, -0.2) is 0 Å². The maximum absolute atomic E-state index is 12.4. The van der Waals surface area contributed by atoms with Crippen LogP contribution < -0.4 is 15.4 Å². The summed E-state index contributed by atoms with van der Waals surface area (Å²) in [5, 5.41) is 0.745. The number of nitrogens with two attached hydrogens (primary N) is 1. The summed E-state index contributed by atoms with van der Waals surface area (Å²) in [4.78, 5) is 27.0. The van der Waals surface area contributed by atoms with Gasteiger partial charge in [-0.15, -0.1) is 0 Å². The normalized spacial score (nSPS) is 14.8. The molecular weight excluding hydrogens is 366 g/mol. The molecule has 0 aromatic heterocycles. The van der Waals surface area contributed by atoms with Crippen molar-refractivity contribution in [2.45, 2.75) is 6.54 Å². The highest BCUT2D eigenvalue weighted by Gasteiger charge is 2.24. The van der Waals surface area contributed by atoms with Gasteiger partial charge in [0.05, 0.1) is 31.7 Å². The minimum Gasteiger partial charge on any atom is -0.483 e. The molecular formula is C20H23ClN3O3+. The Bertz CT molecular complexity index is 820. The molecule has 0 unspecified atom stereocenters. The van der Waals surface area contributed by atoms with Gasteiger partial charge < -0.3 is 20.3 Å². The molecule has 6 nitrogen and oxygen atoms in total. The second kappa shape index (κ2) is 8.88. The Kier molecular flexibility index (Phi) is 6.32. The van der Waals surface area contributed by atoms with E-state index in [-0.39, 0.29) is 18.1 Å². The van der Waals surface area contributed by atoms with Gasteiger partial charge in [0, 0.05) is 10.6 Å². The molecule has 3 N–H and O–H groups in total. The lowest BCUT2D eigenvalue weighted by atomic mass is 10.2. The number of ether oxygens (including phenoxy) is 1. The molecule has 0 bridgehead atoms. The minimum absolute atomic E-state index is 0.0870. The van der Waals surface area contributed by atoms with Gasteiger partial charge in [-0.2, -0.15) is 0 Å². The van der Waals surface area contributed by atoms with E-state index in [4.69, 9.17) is 22.1 Å². The lowest BCUT2D eigenvalue weighted by Crippen LogP contribution is -3.13. The third-order valence-corrected chi connectivity index (χ3v) is 4.91. The number of halogens is 1. The summed E-state index contributed by atoms with van der Waals surface area (Å²) in [6.07, 6.45) is 0. The molecule has 27 heavy (non-hydrogen) atoms. The zero-order valence-electron chi connectivity index (χ0n) is 15.0. The van der Waals surface area contributed by atoms with Gasteiger partial charge in [0.1, 0.15) is 12.3 Å². The van der Waals surface area contributed by atoms with E-state index in [9.17, 15) is 9.59 Å². The van der Waals surface area contributed by atoms with Crippen LogP contribution in [-0.4, -0.2) is 49.5 Å². The number of quaternary nitrogens is 1. The summed E-state index contributed by atoms with van der Waals surface area (Å²) in [6, 6.07) is 14.5. The van der Waals surface area contributed by atoms with Crippen molar-refractivity contribution in [3.8, 4) is 5.75 Å². The predicted molar refractivity (Wildman–Crippen MR) is 103 cm³/mol. The molecule has 3 rings (SSSR count). The number of para-hydroxylation sites is 1. The molecule has 2 aromatic carbocycles. The van der Waals surface area contributed by atoms with Gasteiger partial charge in [-0.1, -0.05) is 35.9 Å². The van der Waals surface area contributed by atoms with E-state index in [1.807, 2.05) is 18.2 Å². The average Bonchev–Trinajstić information content (AvgIpc) is 2.67. The molecule has 0 atom stereocenters. The number of carbonyl (C=O) groups excluding carboxylic acids is 2. The van der Waals surface area contributed by atoms with Crippen molar-refractivity contribution in [2.24, 2.45) is 5.73 Å². The monoisotopic (exact) mass is 388 g/mol. The molecule has 0 aliphatic carbocycles. The van der Waals surface area contributed by atoms with Gasteiger partial charge in [-0.05, 0) is 24.3 Å². The number of amides is 2. The van der Waals surface area contributed by atoms with Crippen LogP contribution in [0.3, 0.4) is 0 Å². The van der Waals surface area contributed by atoms with E-state index in [0.29, 0.717) is 18.8 Å². The number of nitrogens with zero attached hydrogens (tertiary/aromatic N) is 1. The molecule has 1 saturated heterocycles. The third kappa shape index (κ3) is 5.21. The largest absolute Gasteiger partial charge is 0.483 e. The van der Waals surface area contributed by atoms with E-state index < -0.39 is 5.91 Å². The van der Waals surface area contributed by atoms with Crippen molar-refractivity contribution >= 4 is 23.4 Å². The zero-order valence-corrected chi connectivity index (χ0v) is 15.7. The summed E-state index contributed by atoms with van der Waals surface area (Å²) in [7, 11) is 0. The van der Waals surface area contributed by atoms with Crippen LogP contribution in [-0.2, 0) is 11.3 Å². The van der Waals surface area contributed by atoms with Gasteiger partial charge in [0.25, 0.3) is 11.8 Å². The van der Waals surface area contributed by atoms with Crippen molar-refractivity contribution in [3.05, 3.63) is 64.7 Å². The molecule has 0 spiro atoms. The maximum Gasteiger partial charge on any atom is 0.260 e. The fourth-order valence-electron chi connectivity index (χ4n) is 3.21. The average molecular weight is 389 g/mol. The summed E-state index contributed by atoms with van der Waals surface area (Å²) in [5.74, 6) is -0.323. The first-order chi connectivity index (χ1) is 13.0. The summed E-state index contributed by atoms with van der Waals surface area (Å²) in [5.41, 5.74) is 6.80. The van der Waals surface area contributed by atoms with Crippen molar-refractivity contribution in [1.82, 2.24) is 4.90 Å². The van der Waals surface area contributed by atoms with Crippen molar-refractivity contribution in [2.75, 3.05) is 32.8 Å². The second-order valence-corrected chi connectivity index (χ2v) is 7.02. The number of nitrogens with one attached hydrogen (secondary N) is 1. The Balaban J connectivity index is 1.48. The molecule has 2 amide bonds. The van der Waals surface area contributed by atoms with Crippen molar-refractivity contribution in [1.29, 1.82) is 0 Å². The highest BCUT2D eigenvalue weighted by Crippen LogP contribution is 2.17. The third-order valence-electron chi connectivity index (χ3n) is 4.67. The molecule has 7 heteroatoms. The number of hydrogen-bond acceptors (Lipinski definition) is 3. The molecule has 1 aliphatic heterocycles. The Morgan fingerprint density at radius 2 is 1.85 bits per heavy atom. The van der Waals surface area contributed by atoms with Crippen LogP contribution in [0.25, 0.3) is 0 Å². The SMILES string of the molecule is NC(=O)c1ccccc1OCC(=O)N1CC[NH+](Cc2cccc(Cl)c2)CC1. The highest BCUT2D eigenvalue weighted by molar-refractivity contribution is 6.30. The van der Waals surface area contributed by atoms with Crippen LogP contribution in [0.4, 0.5) is 0 Å². The summed E-state index contributed by atoms with van der Waals surface area (Å²) < 4.78 is 5.54. The Morgan fingerprint density at radius 3 is 2.56 bits per heavy atom. The molecule has 142 valence electrons. The number of rotatable bonds is 6. The van der Waals surface area contributed by atoms with E-state index in [1.165, 1.54) is 10.5 Å². The molecule has 0 saturated carbocycles. The zero-order chi connectivity index (χ0) is 19.2. The molecule has 0 radical (unpaired) electrons. The first-order valence-corrected chi connectivity index (χ1v) is 9.28. The van der Waals surface area contributed by atoms with E-state index >= 15 is 0 Å². The van der Waals surface area contributed by atoms with Crippen LogP contribution >= 0.6 is 11.6 Å². The lowest BCUT2D eigenvalue weighted by molar-refractivity contribution is -0.917. The predicted octanol–water partition coefficient (Wildman–Crippen LogP) is 0.745. The first kappa shape index (κ1) is 19.2. The van der Waals surface area contributed by atoms with Crippen molar-refractivity contribution < 1.29 is 19.2 Å². The van der Waals surface area contributed by atoms with Crippen LogP contribution in [0.15, 0.2) is 48.5 Å². The molecule has 1 aliphatic rings. The smallest absolute Gasteiger partial charge is 0.260 e. The summed E-state index contributed by atoms with van der Waals surface area (Å²) in [6.45, 7) is 3.89. The van der Waals surface area contributed by atoms with E-state index in [2.05, 4.69) is 6.07 Å². The standard InChI is InChI=1S/C20H22ClN3O3/c21-16-5-3-4-15(12-16)13-23-8-10-24(11-9-23)19(25)14-27-18-7-2-1-6-17(18)20(22)26/h1-7,12H,8-11,13-14H2,(H2,22,26)/p+1. The fraction of sp³-hybridized carbons (Fsp3) is 0.300. The highest BCUT2D eigenvalue weighted by atomic mass is 35.5. The first-order valence-electron chi connectivity index (χ1n) is 8.90. The lowest BCUT2D eigenvalue weighted by Gasteiger charge is -2.32. The molecule has 2 aromatic rings. The van der Waals surface area contributed by atoms with Crippen LogP contribution in [0, 0.1) is 0 Å². The quantitative estimate of drug-likeness (QED) is 0.766. The Labute approximate surface area is 163 Å². The Hall–Kier alpha value is -2.57. The van der Waals surface area contributed by atoms with Gasteiger partial charge >= 0.3 is 0 Å². The number of carbonyl (C=O) groups is 2. The number of piperazine rings is 1. The van der Waals surface area contributed by atoms with E-state index in [1.54, 1.807) is 29.2 Å². The summed E-state index contributed by atoms with van der Waals surface area (Å²) >= 11 is 6.04. The maximum atomic E-state index is 12.4. The molecule has 1 fully saturated rings. The van der Waals surface area contributed by atoms with Crippen LogP contribution in [0.2, 0.25) is 5.02 Å². The van der Waals surface area contributed by atoms with Crippen LogP contribution in [0.5, 0.6) is 5.75 Å². The fourth-order valence-corrected chi connectivity index (χ4v) is 3.42. The topological polar surface area (TPSA) is 77.1 Å². The molecule has 1 heterocycles. The van der Waals surface area contributed by atoms with Gasteiger partial charge in [0.15, 0.2) is 6.61 Å². The number of primary amides is 1. The Morgan fingerprint density at radius 1 is 1.11 bits per heavy atom.